The molecule has 3 aliphatic heterocycles. The molecule has 2 aromatic heterocycles. The second kappa shape index (κ2) is 16.1. The van der Waals surface area contributed by atoms with Crippen molar-refractivity contribution >= 4 is 129 Å². The smallest absolute Gasteiger partial charge is 0.252 e. The van der Waals surface area contributed by atoms with Gasteiger partial charge < -0.3 is 23.8 Å². The fourth-order valence-electron chi connectivity index (χ4n) is 10.8. The largest absolute Gasteiger partial charge is 0.311 e. The van der Waals surface area contributed by atoms with Gasteiger partial charge in [-0.25, -0.2) is 0 Å². The Morgan fingerprint density at radius 3 is 1.62 bits per heavy atom. The monoisotopic (exact) mass is 1040 g/mol. The molecule has 0 saturated heterocycles. The van der Waals surface area contributed by atoms with Gasteiger partial charge in [0.15, 0.2) is 0 Å². The van der Waals surface area contributed by atoms with Crippen LogP contribution in [0.25, 0.3) is 65.8 Å². The zero-order chi connectivity index (χ0) is 85.4. The van der Waals surface area contributed by atoms with Crippen LogP contribution in [-0.2, 0) is 10.8 Å². The van der Waals surface area contributed by atoms with Crippen molar-refractivity contribution in [3.63, 3.8) is 0 Å². The number of anilines is 9. The van der Waals surface area contributed by atoms with E-state index in [1.807, 2.05) is 0 Å². The van der Waals surface area contributed by atoms with Gasteiger partial charge in [0.1, 0.15) is 0 Å². The fraction of sp³-hybridized carbons (Fsp3) is 0.111. The van der Waals surface area contributed by atoms with E-state index in [0.717, 1.165) is 14.0 Å². The minimum Gasteiger partial charge on any atom is -0.311 e. The topological polar surface area (TPSA) is 19.6 Å². The van der Waals surface area contributed by atoms with Crippen LogP contribution < -0.4 is 31.1 Å². The van der Waals surface area contributed by atoms with E-state index in [9.17, 15) is 45.2 Å². The van der Waals surface area contributed by atoms with Crippen LogP contribution in [0.4, 0.5) is 51.2 Å². The number of hydrogen-bond donors (Lipinski definition) is 0. The molecule has 0 radical (unpaired) electrons. The summed E-state index contributed by atoms with van der Waals surface area (Å²) in [7, 11) is 0. The van der Waals surface area contributed by atoms with Crippen molar-refractivity contribution < 1.29 is 52.1 Å². The molecule has 5 nitrogen and oxygen atoms in total. The quantitative estimate of drug-likeness (QED) is 0.160. The van der Waals surface area contributed by atoms with Gasteiger partial charge in [0, 0.05) is 61.1 Å². The highest BCUT2D eigenvalue weighted by molar-refractivity contribution is 7.00. The molecular formula is C72H56BN5. The molecule has 3 aliphatic rings. The predicted octanol–water partition coefficient (Wildman–Crippen LogP) is 17.5. The Labute approximate surface area is 508 Å². The third kappa shape index (κ3) is 6.31. The molecule has 372 valence electrons. The van der Waals surface area contributed by atoms with E-state index in [1.54, 1.807) is 41.5 Å². The van der Waals surface area contributed by atoms with Crippen molar-refractivity contribution in [1.82, 2.24) is 9.13 Å². The summed E-state index contributed by atoms with van der Waals surface area (Å²) in [5.41, 5.74) is -18.4. The Bertz CT molecular complexity index is 6770. The second-order valence-corrected chi connectivity index (χ2v) is 20.8. The predicted molar refractivity (Wildman–Crippen MR) is 332 cm³/mol. The summed E-state index contributed by atoms with van der Waals surface area (Å²) in [6.07, 6.45) is 0. The highest BCUT2D eigenvalue weighted by Crippen LogP contribution is 2.54. The number of nitrogens with zero attached hydrogens (tertiary/aromatic N) is 5. The zero-order valence-electron chi connectivity index (χ0n) is 79.8. The number of benzene rings is 11. The maximum absolute atomic E-state index is 11.4. The van der Waals surface area contributed by atoms with Crippen LogP contribution in [0.15, 0.2) is 230 Å². The van der Waals surface area contributed by atoms with Crippen LogP contribution in [0.5, 0.6) is 0 Å². The van der Waals surface area contributed by atoms with Crippen LogP contribution in [-0.4, -0.2) is 15.8 Å². The summed E-state index contributed by atoms with van der Waals surface area (Å²) < 4.78 is 376. The van der Waals surface area contributed by atoms with Crippen molar-refractivity contribution in [3.05, 3.63) is 241 Å². The Balaban J connectivity index is 1.27. The van der Waals surface area contributed by atoms with E-state index in [4.69, 9.17) is 6.85 Å². The fourth-order valence-corrected chi connectivity index (χ4v) is 10.8. The summed E-state index contributed by atoms with van der Waals surface area (Å²) in [6.45, 7) is 7.37. The van der Waals surface area contributed by atoms with Gasteiger partial charge in [-0.05, 0) is 140 Å². The molecular weight excluding hydrogens is 946 g/mol. The summed E-state index contributed by atoms with van der Waals surface area (Å²) in [5.74, 6) is 0. The minimum atomic E-state index is -2.40. The van der Waals surface area contributed by atoms with E-state index >= 15 is 0 Å². The first-order valence-electron chi connectivity index (χ1n) is 43.5. The van der Waals surface area contributed by atoms with Crippen molar-refractivity contribution in [2.24, 2.45) is 0 Å². The average molecular weight is 1040 g/mol. The zero-order valence-corrected chi connectivity index (χ0v) is 41.8. The lowest BCUT2D eigenvalue weighted by Gasteiger charge is -2.47. The lowest BCUT2D eigenvalue weighted by Crippen LogP contribution is -2.61. The van der Waals surface area contributed by atoms with Gasteiger partial charge in [-0.2, -0.15) is 0 Å². The number of hydrogen-bond acceptors (Lipinski definition) is 3. The molecule has 0 unspecified atom stereocenters. The molecule has 11 aromatic carbocycles. The first-order chi connectivity index (χ1) is 53.8. The molecule has 0 spiro atoms. The van der Waals surface area contributed by atoms with Gasteiger partial charge in [-0.15, -0.1) is 0 Å². The molecule has 0 bridgehead atoms. The Hall–Kier alpha value is -9.26. The molecule has 0 fully saturated rings. The second-order valence-electron chi connectivity index (χ2n) is 20.8. The average Bonchev–Trinajstić information content (AvgIpc) is 1.13. The van der Waals surface area contributed by atoms with E-state index in [0.29, 0.717) is 9.80 Å². The van der Waals surface area contributed by atoms with Gasteiger partial charge in [0.25, 0.3) is 6.71 Å². The lowest BCUT2D eigenvalue weighted by molar-refractivity contribution is 0.590. The summed E-state index contributed by atoms with van der Waals surface area (Å²) in [6, 6.07) is -40.2. The third-order valence-electron chi connectivity index (χ3n) is 14.2. The van der Waals surface area contributed by atoms with Crippen LogP contribution in [0, 0.1) is 0 Å². The highest BCUT2D eigenvalue weighted by Gasteiger charge is 2.47. The maximum atomic E-state index is 11.4. The molecule has 6 heteroatoms. The standard InChI is InChI=1S/C72H56BN5/c1-71(2,3)46-34-38-61-55(40-46)56-41-47(72(4,5)6)35-39-62(56)75(61)50-36-37-57-65(42-50)76(59-31-17-21-45-20-13-14-26-52(45)59)66-43-51(74(48-22-9-7-10-23-48)49-24-11-8-12-25-49)44-67-68(66)73(57)58-29-19-33-64-70(58)78(67)63-32-18-28-54-53-27-15-16-30-60(53)77(64)69(54)63/h7-44H,1-6H3/i7D,8D,9D,10D,11D,12D,13D,14D,15D,16D,17D,18D,19D,20D,21D,22D,23D,24D,25D,26D,27D,28D,29D,30D,31D,32D,33D,34D,35D,36D,37D,38D,39D,40D,41D,42D,43D,44D. The Kier molecular flexibility index (Phi) is 4.40. The van der Waals surface area contributed by atoms with Crippen LogP contribution >= 0.6 is 0 Å². The van der Waals surface area contributed by atoms with Crippen molar-refractivity contribution in [1.29, 1.82) is 0 Å². The molecule has 0 saturated carbocycles. The molecule has 5 heterocycles. The van der Waals surface area contributed by atoms with E-state index in [2.05, 4.69) is 0 Å². The number of aromatic nitrogens is 2. The van der Waals surface area contributed by atoms with Gasteiger partial charge in [0.2, 0.25) is 0 Å². The van der Waals surface area contributed by atoms with Gasteiger partial charge in [-0.1, -0.05) is 174 Å². The molecule has 0 aliphatic carbocycles. The van der Waals surface area contributed by atoms with Crippen molar-refractivity contribution in [2.45, 2.75) is 52.4 Å². The van der Waals surface area contributed by atoms with Crippen LogP contribution in [0.1, 0.15) is 105 Å². The van der Waals surface area contributed by atoms with Gasteiger partial charge in [0.05, 0.1) is 103 Å². The Morgan fingerprint density at radius 2 is 0.923 bits per heavy atom. The van der Waals surface area contributed by atoms with Crippen LogP contribution in [0.2, 0.25) is 0 Å². The van der Waals surface area contributed by atoms with Gasteiger partial charge >= 0.3 is 0 Å². The van der Waals surface area contributed by atoms with E-state index < -0.39 is 370 Å². The molecule has 0 amide bonds. The SMILES string of the molecule is [2H]c1c([2H])c([2H])c(N(c2c([2H])c([2H])c([2H])c([2H])c2[2H])c2c([2H])c3c4c(c2[2H])N2c5c(c([2H])c([2H])c([2H])c5-n5c6c([2H])c([2H])c([2H])c([2H])c6c6c([2H])c([2H])c([2H])c2c65)B4c2c([2H])c([2H])c(-n4c5c([2H])c([2H])c(C(C)(C)C)c([2H])c5c5c([2H])c(C(C)(C)C)c([2H])c([2H])c54)c([2H])c2N3c2c([2H])c([2H])c([2H])c3c([2H])c([2H])c([2H])c([2H])c23)c([2H])c1[2H]. The normalized spacial score (nSPS) is 20.3. The molecule has 16 rings (SSSR count). The number of fused-ring (bicyclic) bond motifs is 13. The van der Waals surface area contributed by atoms with Crippen molar-refractivity contribution in [3.8, 4) is 11.4 Å². The van der Waals surface area contributed by atoms with Crippen molar-refractivity contribution in [2.75, 3.05) is 14.7 Å². The van der Waals surface area contributed by atoms with Crippen LogP contribution in [0.3, 0.4) is 0 Å². The summed E-state index contributed by atoms with van der Waals surface area (Å²) >= 11 is 0. The van der Waals surface area contributed by atoms with E-state index in [-0.39, 0.29) is 21.9 Å². The highest BCUT2D eigenvalue weighted by atomic mass is 15.2. The number of rotatable bonds is 5. The van der Waals surface area contributed by atoms with Gasteiger partial charge in [-0.3, -0.25) is 0 Å². The summed E-state index contributed by atoms with van der Waals surface area (Å²) in [4.78, 5) is 1.81. The summed E-state index contributed by atoms with van der Waals surface area (Å²) in [5, 5.41) is -3.66. The third-order valence-corrected chi connectivity index (χ3v) is 14.2. The maximum Gasteiger partial charge on any atom is 0.252 e. The lowest BCUT2D eigenvalue weighted by atomic mass is 9.33. The first kappa shape index (κ1) is 21.3. The molecule has 13 aromatic rings. The van der Waals surface area contributed by atoms with E-state index in [1.165, 1.54) is 0 Å². The first-order valence-corrected chi connectivity index (χ1v) is 24.5. The molecule has 0 N–H and O–H groups in total. The Morgan fingerprint density at radius 1 is 0.372 bits per heavy atom. The molecule has 0 atom stereocenters. The number of para-hydroxylation sites is 5. The minimum absolute atomic E-state index is 0.0894. The molecule has 78 heavy (non-hydrogen) atoms.